The minimum absolute atomic E-state index is 0.116. The molecule has 0 saturated heterocycles. The van der Waals surface area contributed by atoms with Crippen LogP contribution in [0.5, 0.6) is 0 Å². The first-order chi connectivity index (χ1) is 32.0. The maximum absolute atomic E-state index is 12.8. The Morgan fingerprint density at radius 3 is 1.05 bits per heavy atom. The maximum Gasteiger partial charge on any atom is 0.306 e. The van der Waals surface area contributed by atoms with Gasteiger partial charge in [0.15, 0.2) is 6.10 Å². The molecule has 0 rings (SSSR count). The number of esters is 3. The highest BCUT2D eigenvalue weighted by Gasteiger charge is 2.19. The van der Waals surface area contributed by atoms with Crippen LogP contribution in [0.4, 0.5) is 0 Å². The van der Waals surface area contributed by atoms with Crippen molar-refractivity contribution in [3.05, 3.63) is 122 Å². The highest BCUT2D eigenvalue weighted by Crippen LogP contribution is 2.14. The van der Waals surface area contributed by atoms with Crippen LogP contribution in [0.1, 0.15) is 213 Å². The van der Waals surface area contributed by atoms with Crippen LogP contribution < -0.4 is 0 Å². The van der Waals surface area contributed by atoms with Gasteiger partial charge in [-0.25, -0.2) is 0 Å². The molecule has 0 radical (unpaired) electrons. The number of allylic oxidation sites excluding steroid dienone is 20. The first kappa shape index (κ1) is 60.8. The van der Waals surface area contributed by atoms with Crippen molar-refractivity contribution in [2.24, 2.45) is 0 Å². The van der Waals surface area contributed by atoms with Crippen molar-refractivity contribution >= 4 is 17.9 Å². The van der Waals surface area contributed by atoms with Gasteiger partial charge in [0.1, 0.15) is 13.2 Å². The summed E-state index contributed by atoms with van der Waals surface area (Å²) in [5.41, 5.74) is 0. The minimum atomic E-state index is -0.824. The summed E-state index contributed by atoms with van der Waals surface area (Å²) in [4.78, 5) is 38.0. The van der Waals surface area contributed by atoms with Crippen LogP contribution in [0.25, 0.3) is 0 Å². The molecule has 366 valence electrons. The van der Waals surface area contributed by atoms with Crippen LogP contribution in [-0.4, -0.2) is 37.2 Å². The third kappa shape index (κ3) is 50.7. The molecule has 65 heavy (non-hydrogen) atoms. The van der Waals surface area contributed by atoms with Crippen LogP contribution >= 0.6 is 0 Å². The molecule has 0 saturated carbocycles. The predicted octanol–water partition coefficient (Wildman–Crippen LogP) is 17.3. The van der Waals surface area contributed by atoms with Gasteiger partial charge in [0.25, 0.3) is 0 Å². The van der Waals surface area contributed by atoms with Crippen molar-refractivity contribution in [1.82, 2.24) is 0 Å². The minimum Gasteiger partial charge on any atom is -0.462 e. The third-order valence-electron chi connectivity index (χ3n) is 10.7. The van der Waals surface area contributed by atoms with E-state index in [0.717, 1.165) is 77.0 Å². The van der Waals surface area contributed by atoms with E-state index >= 15 is 0 Å². The Kier molecular flexibility index (Phi) is 49.1. The summed E-state index contributed by atoms with van der Waals surface area (Å²) < 4.78 is 16.7. The molecule has 0 aliphatic rings. The highest BCUT2D eigenvalue weighted by molar-refractivity contribution is 5.71. The average molecular weight is 899 g/mol. The second kappa shape index (κ2) is 52.4. The number of hydrogen-bond acceptors (Lipinski definition) is 6. The Morgan fingerprint density at radius 1 is 0.323 bits per heavy atom. The van der Waals surface area contributed by atoms with Gasteiger partial charge in [-0.15, -0.1) is 0 Å². The fraction of sp³-hybridized carbons (Fsp3) is 0.610. The zero-order valence-corrected chi connectivity index (χ0v) is 41.7. The highest BCUT2D eigenvalue weighted by atomic mass is 16.6. The van der Waals surface area contributed by atoms with Crippen molar-refractivity contribution in [3.63, 3.8) is 0 Å². The second-order valence-electron chi connectivity index (χ2n) is 16.9. The summed E-state index contributed by atoms with van der Waals surface area (Å²) in [6, 6.07) is 0. The molecule has 0 aliphatic carbocycles. The number of unbranched alkanes of at least 4 members (excludes halogenated alkanes) is 21. The van der Waals surface area contributed by atoms with E-state index in [0.29, 0.717) is 12.8 Å². The lowest BCUT2D eigenvalue weighted by Gasteiger charge is -2.18. The summed E-state index contributed by atoms with van der Waals surface area (Å²) in [5, 5.41) is 0. The van der Waals surface area contributed by atoms with E-state index in [9.17, 15) is 14.4 Å². The van der Waals surface area contributed by atoms with Gasteiger partial charge in [-0.05, 0) is 77.0 Å². The molecule has 0 aromatic heterocycles. The number of hydrogen-bond donors (Lipinski definition) is 0. The zero-order valence-electron chi connectivity index (χ0n) is 41.7. The smallest absolute Gasteiger partial charge is 0.306 e. The van der Waals surface area contributed by atoms with Crippen LogP contribution in [0.15, 0.2) is 122 Å². The van der Waals surface area contributed by atoms with Gasteiger partial charge in [0.05, 0.1) is 0 Å². The van der Waals surface area contributed by atoms with Crippen LogP contribution in [-0.2, 0) is 28.6 Å². The Bertz CT molecular complexity index is 1400. The Morgan fingerprint density at radius 2 is 0.631 bits per heavy atom. The van der Waals surface area contributed by atoms with E-state index < -0.39 is 6.10 Å². The van der Waals surface area contributed by atoms with E-state index in [1.165, 1.54) is 89.9 Å². The second-order valence-corrected chi connectivity index (χ2v) is 16.9. The van der Waals surface area contributed by atoms with Crippen molar-refractivity contribution in [2.45, 2.75) is 219 Å². The summed E-state index contributed by atoms with van der Waals surface area (Å²) in [7, 11) is 0. The summed E-state index contributed by atoms with van der Waals surface area (Å²) in [5.74, 6) is -1.03. The van der Waals surface area contributed by atoms with E-state index in [2.05, 4.69) is 63.3 Å². The lowest BCUT2D eigenvalue weighted by molar-refractivity contribution is -0.167. The largest absolute Gasteiger partial charge is 0.462 e. The lowest BCUT2D eigenvalue weighted by atomic mass is 10.1. The summed E-state index contributed by atoms with van der Waals surface area (Å²) in [6.07, 6.45) is 71.9. The van der Waals surface area contributed by atoms with E-state index in [-0.39, 0.29) is 44.0 Å². The molecule has 1 unspecified atom stereocenters. The predicted molar refractivity (Wildman–Crippen MR) is 279 cm³/mol. The van der Waals surface area contributed by atoms with Crippen molar-refractivity contribution in [1.29, 1.82) is 0 Å². The molecule has 1 atom stereocenters. The maximum atomic E-state index is 12.8. The Balaban J connectivity index is 4.50. The number of ether oxygens (including phenoxy) is 3. The topological polar surface area (TPSA) is 78.9 Å². The van der Waals surface area contributed by atoms with E-state index in [1.54, 1.807) is 0 Å². The third-order valence-corrected chi connectivity index (χ3v) is 10.7. The molecule has 0 heterocycles. The van der Waals surface area contributed by atoms with Gasteiger partial charge in [0, 0.05) is 19.3 Å². The number of rotatable bonds is 45. The molecular formula is C59H94O6. The van der Waals surface area contributed by atoms with E-state index in [4.69, 9.17) is 14.2 Å². The molecule has 0 N–H and O–H groups in total. The fourth-order valence-electron chi connectivity index (χ4n) is 6.77. The molecule has 0 bridgehead atoms. The quantitative estimate of drug-likeness (QED) is 0.0199. The van der Waals surface area contributed by atoms with Gasteiger partial charge < -0.3 is 14.2 Å². The zero-order chi connectivity index (χ0) is 47.2. The van der Waals surface area contributed by atoms with Crippen molar-refractivity contribution in [3.8, 4) is 0 Å². The molecule has 6 heteroatoms. The van der Waals surface area contributed by atoms with E-state index in [1.807, 2.05) is 79.0 Å². The van der Waals surface area contributed by atoms with Gasteiger partial charge in [-0.3, -0.25) is 14.4 Å². The first-order valence-corrected chi connectivity index (χ1v) is 26.2. The molecule has 0 fully saturated rings. The monoisotopic (exact) mass is 899 g/mol. The van der Waals surface area contributed by atoms with Crippen LogP contribution in [0, 0.1) is 0 Å². The molecule has 0 aliphatic heterocycles. The van der Waals surface area contributed by atoms with Crippen molar-refractivity contribution in [2.75, 3.05) is 13.2 Å². The standard InChI is InChI=1S/C59H94O6/c1-4-7-10-13-16-19-22-25-27-28-29-30-32-34-37-40-43-46-49-52-58(61)64-55-56(54-63-57(60)51-48-45-42-39-36-33-24-21-18-15-12-9-6-3)65-59(62)53-50-47-44-41-38-35-31-26-23-20-17-14-11-8-5-2/h8-9,11-12,14-15,17-18,20-21,23-24,26,28-29,31,33,36,39,42,56H,4-7,10,13,16,19,22,25,27,30,32,34-35,37-38,40-41,43-55H2,1-3H3/b11-8+,12-9+,17-14+,18-15+,23-20+,24-21+,29-28+,31-26+,36-33+,42-39+. The Hall–Kier alpha value is -4.19. The van der Waals surface area contributed by atoms with Gasteiger partial charge >= 0.3 is 17.9 Å². The molecule has 0 aromatic carbocycles. The Labute approximate surface area is 399 Å². The average Bonchev–Trinajstić information content (AvgIpc) is 3.30. The van der Waals surface area contributed by atoms with Crippen LogP contribution in [0.2, 0.25) is 0 Å². The fourth-order valence-corrected chi connectivity index (χ4v) is 6.77. The van der Waals surface area contributed by atoms with Gasteiger partial charge in [-0.1, -0.05) is 239 Å². The number of carbonyl (C=O) groups is 3. The van der Waals surface area contributed by atoms with Crippen LogP contribution in [0.3, 0.4) is 0 Å². The lowest BCUT2D eigenvalue weighted by Crippen LogP contribution is -2.30. The summed E-state index contributed by atoms with van der Waals surface area (Å²) in [6.45, 7) is 6.25. The SMILES string of the molecule is CC/C=C/C=C/C=C/C=C/C=C/CCCC(=O)OCC(COC(=O)CCCCCCCCC/C=C/CCCCCCCCCC)OC(=O)CCCCCCC/C=C/C=C/C=C/C=C/CC. The molecule has 0 aromatic rings. The van der Waals surface area contributed by atoms with Gasteiger partial charge in [0.2, 0.25) is 0 Å². The normalized spacial score (nSPS) is 13.1. The summed E-state index contributed by atoms with van der Waals surface area (Å²) >= 11 is 0. The first-order valence-electron chi connectivity index (χ1n) is 26.2. The van der Waals surface area contributed by atoms with Gasteiger partial charge in [-0.2, -0.15) is 0 Å². The van der Waals surface area contributed by atoms with Crippen molar-refractivity contribution < 1.29 is 28.6 Å². The molecule has 0 spiro atoms. The molecule has 0 amide bonds. The molecular weight excluding hydrogens is 805 g/mol. The molecule has 6 nitrogen and oxygen atoms in total. The number of carbonyl (C=O) groups excluding carboxylic acids is 3.